The highest BCUT2D eigenvalue weighted by Crippen LogP contribution is 2.11. The number of fused-ring (bicyclic) bond motifs is 1. The largest absolute Gasteiger partial charge is 0.364 e. The molecule has 17 heavy (non-hydrogen) atoms. The molecule has 1 unspecified atom stereocenters. The van der Waals surface area contributed by atoms with Gasteiger partial charge in [0.05, 0.1) is 0 Å². The maximum absolute atomic E-state index is 11.4. The SMILES string of the molecule is CC(Br)CCN(C)c1ccc2n[nH]c(=O)n2n1. The molecule has 0 aliphatic carbocycles. The molecule has 7 heteroatoms. The Morgan fingerprint density at radius 2 is 2.35 bits per heavy atom. The van der Waals surface area contributed by atoms with Gasteiger partial charge in [-0.3, -0.25) is 0 Å². The van der Waals surface area contributed by atoms with Crippen LogP contribution in [0.15, 0.2) is 16.9 Å². The summed E-state index contributed by atoms with van der Waals surface area (Å²) in [5, 5.41) is 10.4. The Balaban J connectivity index is 2.23. The summed E-state index contributed by atoms with van der Waals surface area (Å²) in [4.78, 5) is 13.8. The molecule has 2 aromatic heterocycles. The second kappa shape index (κ2) is 4.87. The Bertz CT molecular complexity index is 561. The van der Waals surface area contributed by atoms with Crippen LogP contribution in [0.4, 0.5) is 5.82 Å². The van der Waals surface area contributed by atoms with Crippen LogP contribution >= 0.6 is 15.9 Å². The van der Waals surface area contributed by atoms with E-state index in [0.717, 1.165) is 18.8 Å². The first-order valence-corrected chi connectivity index (χ1v) is 6.29. The van der Waals surface area contributed by atoms with E-state index in [9.17, 15) is 4.79 Å². The molecule has 2 aromatic rings. The number of halogens is 1. The van der Waals surface area contributed by atoms with Crippen molar-refractivity contribution in [3.63, 3.8) is 0 Å². The number of nitrogens with one attached hydrogen (secondary N) is 1. The first kappa shape index (κ1) is 12.1. The Morgan fingerprint density at radius 1 is 1.59 bits per heavy atom. The van der Waals surface area contributed by atoms with Crippen molar-refractivity contribution in [2.45, 2.75) is 18.2 Å². The van der Waals surface area contributed by atoms with Crippen molar-refractivity contribution >= 4 is 27.4 Å². The summed E-state index contributed by atoms with van der Waals surface area (Å²) < 4.78 is 1.27. The molecule has 2 rings (SSSR count). The zero-order valence-electron chi connectivity index (χ0n) is 9.72. The highest BCUT2D eigenvalue weighted by Gasteiger charge is 2.07. The van der Waals surface area contributed by atoms with Crippen molar-refractivity contribution in [2.75, 3.05) is 18.5 Å². The average Bonchev–Trinajstić information content (AvgIpc) is 2.67. The maximum Gasteiger partial charge on any atom is 0.364 e. The van der Waals surface area contributed by atoms with Gasteiger partial charge in [0.2, 0.25) is 0 Å². The van der Waals surface area contributed by atoms with Crippen molar-refractivity contribution in [2.24, 2.45) is 0 Å². The molecule has 6 nitrogen and oxygen atoms in total. The molecule has 2 heterocycles. The van der Waals surface area contributed by atoms with Gasteiger partial charge in [0, 0.05) is 18.4 Å². The summed E-state index contributed by atoms with van der Waals surface area (Å²) in [7, 11) is 1.95. The van der Waals surface area contributed by atoms with Crippen LogP contribution in [0.3, 0.4) is 0 Å². The van der Waals surface area contributed by atoms with Gasteiger partial charge in [-0.15, -0.1) is 5.10 Å². The van der Waals surface area contributed by atoms with Gasteiger partial charge in [-0.05, 0) is 18.6 Å². The molecular weight excluding hydrogens is 286 g/mol. The lowest BCUT2D eigenvalue weighted by atomic mass is 10.3. The van der Waals surface area contributed by atoms with E-state index in [4.69, 9.17) is 0 Å². The molecule has 1 N–H and O–H groups in total. The second-order valence-electron chi connectivity index (χ2n) is 3.98. The van der Waals surface area contributed by atoms with Crippen LogP contribution in [0.2, 0.25) is 0 Å². The minimum Gasteiger partial charge on any atom is -0.358 e. The van der Waals surface area contributed by atoms with Gasteiger partial charge in [0.1, 0.15) is 5.82 Å². The highest BCUT2D eigenvalue weighted by atomic mass is 79.9. The van der Waals surface area contributed by atoms with Gasteiger partial charge in [0.25, 0.3) is 0 Å². The van der Waals surface area contributed by atoms with Gasteiger partial charge in [-0.25, -0.2) is 9.89 Å². The molecule has 0 aliphatic heterocycles. The van der Waals surface area contributed by atoms with Crippen LogP contribution in [0.5, 0.6) is 0 Å². The van der Waals surface area contributed by atoms with Crippen LogP contribution in [0.25, 0.3) is 5.65 Å². The zero-order chi connectivity index (χ0) is 12.4. The lowest BCUT2D eigenvalue weighted by Gasteiger charge is -2.18. The number of hydrogen-bond donors (Lipinski definition) is 1. The van der Waals surface area contributed by atoms with E-state index in [0.29, 0.717) is 10.5 Å². The third-order valence-electron chi connectivity index (χ3n) is 2.51. The summed E-state index contributed by atoms with van der Waals surface area (Å²) in [5.41, 5.74) is 0.213. The van der Waals surface area contributed by atoms with Crippen molar-refractivity contribution in [1.82, 2.24) is 19.8 Å². The smallest absolute Gasteiger partial charge is 0.358 e. The van der Waals surface area contributed by atoms with Crippen LogP contribution in [0.1, 0.15) is 13.3 Å². The van der Waals surface area contributed by atoms with Gasteiger partial charge in [-0.1, -0.05) is 22.9 Å². The van der Waals surface area contributed by atoms with Crippen LogP contribution < -0.4 is 10.6 Å². The van der Waals surface area contributed by atoms with E-state index in [-0.39, 0.29) is 5.69 Å². The average molecular weight is 300 g/mol. The van der Waals surface area contributed by atoms with E-state index in [1.807, 2.05) is 18.0 Å². The Labute approximate surface area is 107 Å². The van der Waals surface area contributed by atoms with Gasteiger partial charge < -0.3 is 4.90 Å². The first-order chi connectivity index (χ1) is 8.08. The fourth-order valence-electron chi connectivity index (χ4n) is 1.48. The molecule has 0 saturated heterocycles. The number of H-pyrrole nitrogens is 1. The molecule has 0 fully saturated rings. The molecule has 1 atom stereocenters. The molecule has 0 bridgehead atoms. The van der Waals surface area contributed by atoms with E-state index in [1.165, 1.54) is 4.52 Å². The fraction of sp³-hybridized carbons (Fsp3) is 0.500. The van der Waals surface area contributed by atoms with Crippen molar-refractivity contribution < 1.29 is 0 Å². The second-order valence-corrected chi connectivity index (χ2v) is 5.54. The molecule has 0 aromatic carbocycles. The topological polar surface area (TPSA) is 66.3 Å². The maximum atomic E-state index is 11.4. The van der Waals surface area contributed by atoms with E-state index in [2.05, 4.69) is 38.1 Å². The monoisotopic (exact) mass is 299 g/mol. The number of nitrogens with zero attached hydrogens (tertiary/aromatic N) is 4. The molecule has 0 saturated carbocycles. The first-order valence-electron chi connectivity index (χ1n) is 5.37. The standard InChI is InChI=1S/C10H14BrN5O/c1-7(11)5-6-15(2)9-4-3-8-12-13-10(17)16(8)14-9/h3-4,7H,5-6H2,1-2H3,(H,13,17). The van der Waals surface area contributed by atoms with Crippen LogP contribution in [-0.2, 0) is 0 Å². The van der Waals surface area contributed by atoms with E-state index in [1.54, 1.807) is 6.07 Å². The molecule has 0 radical (unpaired) electrons. The van der Waals surface area contributed by atoms with E-state index >= 15 is 0 Å². The summed E-state index contributed by atoms with van der Waals surface area (Å²) in [6.07, 6.45) is 1.01. The lowest BCUT2D eigenvalue weighted by Crippen LogP contribution is -2.23. The summed E-state index contributed by atoms with van der Waals surface area (Å²) in [6, 6.07) is 3.63. The third kappa shape index (κ3) is 2.66. The normalized spacial score (nSPS) is 12.9. The quantitative estimate of drug-likeness (QED) is 0.856. The summed E-state index contributed by atoms with van der Waals surface area (Å²) >= 11 is 3.50. The summed E-state index contributed by atoms with van der Waals surface area (Å²) in [5.74, 6) is 0.758. The van der Waals surface area contributed by atoms with Crippen LogP contribution in [0, 0.1) is 0 Å². The van der Waals surface area contributed by atoms with Crippen molar-refractivity contribution in [3.8, 4) is 0 Å². The zero-order valence-corrected chi connectivity index (χ0v) is 11.3. The fourth-order valence-corrected chi connectivity index (χ4v) is 1.69. The molecule has 0 amide bonds. The number of anilines is 1. The van der Waals surface area contributed by atoms with Gasteiger partial charge in [0.15, 0.2) is 5.65 Å². The molecule has 92 valence electrons. The van der Waals surface area contributed by atoms with Gasteiger partial charge >= 0.3 is 5.69 Å². The van der Waals surface area contributed by atoms with Crippen molar-refractivity contribution in [1.29, 1.82) is 0 Å². The Kier molecular flexibility index (Phi) is 3.46. The van der Waals surface area contributed by atoms with Crippen molar-refractivity contribution in [3.05, 3.63) is 22.6 Å². The predicted octanol–water partition coefficient (Wildman–Crippen LogP) is 1.03. The van der Waals surface area contributed by atoms with E-state index < -0.39 is 0 Å². The molecule has 0 aliphatic rings. The minimum absolute atomic E-state index is 0.316. The summed E-state index contributed by atoms with van der Waals surface area (Å²) in [6.45, 7) is 2.97. The Hall–Kier alpha value is -1.37. The number of alkyl halides is 1. The number of hydrogen-bond acceptors (Lipinski definition) is 4. The van der Waals surface area contributed by atoms with Gasteiger partial charge in [-0.2, -0.15) is 9.61 Å². The number of rotatable bonds is 4. The van der Waals surface area contributed by atoms with Crippen LogP contribution in [-0.4, -0.2) is 38.2 Å². The highest BCUT2D eigenvalue weighted by molar-refractivity contribution is 9.09. The molecule has 0 spiro atoms. The number of aromatic nitrogens is 4. The minimum atomic E-state index is -0.316. The number of aromatic amines is 1. The Morgan fingerprint density at radius 3 is 3.06 bits per heavy atom. The lowest BCUT2D eigenvalue weighted by molar-refractivity contribution is 0.760. The third-order valence-corrected chi connectivity index (χ3v) is 2.97. The molecular formula is C10H14BrN5O. The predicted molar refractivity (Wildman–Crippen MR) is 69.9 cm³/mol.